The van der Waals surface area contributed by atoms with E-state index in [-0.39, 0.29) is 6.03 Å². The van der Waals surface area contributed by atoms with Crippen molar-refractivity contribution in [1.82, 2.24) is 30.0 Å². The molecule has 0 aliphatic rings. The Labute approximate surface area is 137 Å². The van der Waals surface area contributed by atoms with E-state index in [1.807, 2.05) is 30.3 Å². The van der Waals surface area contributed by atoms with E-state index in [2.05, 4.69) is 30.7 Å². The molecular weight excluding hydrogens is 310 g/mol. The lowest BCUT2D eigenvalue weighted by Crippen LogP contribution is -2.32. The fourth-order valence-electron chi connectivity index (χ4n) is 1.88. The van der Waals surface area contributed by atoms with Gasteiger partial charge in [-0.2, -0.15) is 5.10 Å². The van der Waals surface area contributed by atoms with E-state index in [9.17, 15) is 4.79 Å². The predicted octanol–water partition coefficient (Wildman–Crippen LogP) is 1.26. The molecule has 0 aliphatic carbocycles. The first-order chi connectivity index (χ1) is 11.8. The van der Waals surface area contributed by atoms with Gasteiger partial charge in [-0.05, 0) is 12.1 Å². The number of benzene rings is 1. The first-order valence-electron chi connectivity index (χ1n) is 7.21. The molecule has 0 fully saturated rings. The number of hydrogen-bond acceptors (Lipinski definition) is 6. The Balaban J connectivity index is 1.46. The monoisotopic (exact) mass is 325 g/mol. The third kappa shape index (κ3) is 4.26. The Kier molecular flexibility index (Phi) is 4.93. The van der Waals surface area contributed by atoms with Gasteiger partial charge in [0, 0.05) is 6.07 Å². The van der Waals surface area contributed by atoms with Crippen molar-refractivity contribution in [3.05, 3.63) is 55.4 Å². The standard InChI is InChI=1S/C15H15N7O2/c23-15(17-6-7-24-12-4-2-1-3-5-12)21-13-8-14(19-10-18-13)22-11-16-9-20-22/h1-5,8-11H,6-7H2,(H2,17,18,19,21,23). The van der Waals surface area contributed by atoms with E-state index < -0.39 is 0 Å². The highest BCUT2D eigenvalue weighted by molar-refractivity contribution is 5.88. The minimum atomic E-state index is -0.380. The summed E-state index contributed by atoms with van der Waals surface area (Å²) in [5.41, 5.74) is 0. The van der Waals surface area contributed by atoms with Gasteiger partial charge in [-0.15, -0.1) is 0 Å². The molecule has 2 aromatic heterocycles. The Hall–Kier alpha value is -3.49. The molecule has 2 amide bonds. The molecule has 0 bridgehead atoms. The topological polar surface area (TPSA) is 107 Å². The SMILES string of the molecule is O=C(NCCOc1ccccc1)Nc1cc(-n2cncn2)ncn1. The van der Waals surface area contributed by atoms with E-state index in [1.165, 1.54) is 23.7 Å². The minimum Gasteiger partial charge on any atom is -0.492 e. The second-order valence-corrected chi connectivity index (χ2v) is 4.64. The lowest BCUT2D eigenvalue weighted by atomic mass is 10.3. The molecule has 0 saturated heterocycles. The molecule has 1 aromatic carbocycles. The zero-order valence-corrected chi connectivity index (χ0v) is 12.7. The van der Waals surface area contributed by atoms with Gasteiger partial charge in [-0.1, -0.05) is 18.2 Å². The maximum absolute atomic E-state index is 11.8. The third-order valence-electron chi connectivity index (χ3n) is 2.95. The number of nitrogens with zero attached hydrogens (tertiary/aromatic N) is 5. The van der Waals surface area contributed by atoms with Crippen LogP contribution in [0.15, 0.2) is 55.4 Å². The van der Waals surface area contributed by atoms with Gasteiger partial charge in [0.05, 0.1) is 6.54 Å². The molecule has 9 heteroatoms. The van der Waals surface area contributed by atoms with Gasteiger partial charge in [-0.3, -0.25) is 5.32 Å². The van der Waals surface area contributed by atoms with Crippen molar-refractivity contribution in [2.24, 2.45) is 0 Å². The van der Waals surface area contributed by atoms with Crippen LogP contribution in [0.2, 0.25) is 0 Å². The van der Waals surface area contributed by atoms with E-state index >= 15 is 0 Å². The Morgan fingerprint density at radius 1 is 1.17 bits per heavy atom. The van der Waals surface area contributed by atoms with Crippen molar-refractivity contribution >= 4 is 11.8 Å². The van der Waals surface area contributed by atoms with Crippen LogP contribution in [0.3, 0.4) is 0 Å². The molecule has 2 N–H and O–H groups in total. The van der Waals surface area contributed by atoms with E-state index in [1.54, 1.807) is 6.07 Å². The largest absolute Gasteiger partial charge is 0.492 e. The lowest BCUT2D eigenvalue weighted by molar-refractivity contribution is 0.247. The van der Waals surface area contributed by atoms with Gasteiger partial charge in [0.15, 0.2) is 5.82 Å². The molecule has 0 radical (unpaired) electrons. The van der Waals surface area contributed by atoms with Crippen LogP contribution in [0.4, 0.5) is 10.6 Å². The summed E-state index contributed by atoms with van der Waals surface area (Å²) in [5.74, 6) is 1.62. The molecule has 0 atom stereocenters. The number of rotatable bonds is 6. The van der Waals surface area contributed by atoms with Crippen LogP contribution in [0.1, 0.15) is 0 Å². The van der Waals surface area contributed by atoms with Gasteiger partial charge in [0.25, 0.3) is 0 Å². The fourth-order valence-corrected chi connectivity index (χ4v) is 1.88. The molecule has 0 aliphatic heterocycles. The van der Waals surface area contributed by atoms with Crippen LogP contribution in [-0.4, -0.2) is 43.9 Å². The summed E-state index contributed by atoms with van der Waals surface area (Å²) in [7, 11) is 0. The summed E-state index contributed by atoms with van der Waals surface area (Å²) in [6, 6.07) is 10.6. The summed E-state index contributed by atoms with van der Waals surface area (Å²) >= 11 is 0. The van der Waals surface area contributed by atoms with Crippen LogP contribution in [-0.2, 0) is 0 Å². The molecule has 0 spiro atoms. The second-order valence-electron chi connectivity index (χ2n) is 4.64. The van der Waals surface area contributed by atoms with Crippen molar-refractivity contribution in [2.75, 3.05) is 18.5 Å². The Morgan fingerprint density at radius 2 is 2.04 bits per heavy atom. The highest BCUT2D eigenvalue weighted by atomic mass is 16.5. The Bertz CT molecular complexity index is 778. The minimum absolute atomic E-state index is 0.358. The number of aromatic nitrogens is 5. The molecular formula is C15H15N7O2. The van der Waals surface area contributed by atoms with Crippen LogP contribution in [0.25, 0.3) is 5.82 Å². The quantitative estimate of drug-likeness (QED) is 0.661. The number of nitrogens with one attached hydrogen (secondary N) is 2. The number of hydrogen-bond donors (Lipinski definition) is 2. The van der Waals surface area contributed by atoms with Gasteiger partial charge in [0.1, 0.15) is 37.2 Å². The number of urea groups is 1. The van der Waals surface area contributed by atoms with Crippen molar-refractivity contribution in [3.63, 3.8) is 0 Å². The molecule has 9 nitrogen and oxygen atoms in total. The van der Waals surface area contributed by atoms with Crippen LogP contribution in [0.5, 0.6) is 5.75 Å². The average molecular weight is 325 g/mol. The highest BCUT2D eigenvalue weighted by Gasteiger charge is 2.05. The van der Waals surface area contributed by atoms with Gasteiger partial charge >= 0.3 is 6.03 Å². The maximum atomic E-state index is 11.8. The predicted molar refractivity (Wildman–Crippen MR) is 85.9 cm³/mol. The molecule has 3 aromatic rings. The zero-order valence-electron chi connectivity index (χ0n) is 12.7. The van der Waals surface area contributed by atoms with Crippen LogP contribution in [0, 0.1) is 0 Å². The van der Waals surface area contributed by atoms with Gasteiger partial charge in [0.2, 0.25) is 0 Å². The summed E-state index contributed by atoms with van der Waals surface area (Å²) < 4.78 is 6.96. The van der Waals surface area contributed by atoms with Crippen molar-refractivity contribution in [2.45, 2.75) is 0 Å². The third-order valence-corrected chi connectivity index (χ3v) is 2.95. The van der Waals surface area contributed by atoms with Gasteiger partial charge < -0.3 is 10.1 Å². The van der Waals surface area contributed by atoms with E-state index in [4.69, 9.17) is 4.74 Å². The first kappa shape index (κ1) is 15.4. The lowest BCUT2D eigenvalue weighted by Gasteiger charge is -2.09. The second kappa shape index (κ2) is 7.68. The van der Waals surface area contributed by atoms with E-state index in [0.29, 0.717) is 24.8 Å². The highest BCUT2D eigenvalue weighted by Crippen LogP contribution is 2.08. The normalized spacial score (nSPS) is 10.2. The summed E-state index contributed by atoms with van der Waals surface area (Å²) in [6.07, 6.45) is 4.24. The number of amides is 2. The average Bonchev–Trinajstić information content (AvgIpc) is 3.15. The molecule has 0 saturated carbocycles. The zero-order chi connectivity index (χ0) is 16.6. The number of para-hydroxylation sites is 1. The fraction of sp³-hybridized carbons (Fsp3) is 0.133. The number of carbonyl (C=O) groups is 1. The van der Waals surface area contributed by atoms with Crippen LogP contribution >= 0.6 is 0 Å². The molecule has 3 rings (SSSR count). The van der Waals surface area contributed by atoms with Crippen LogP contribution < -0.4 is 15.4 Å². The summed E-state index contributed by atoms with van der Waals surface area (Å²) in [4.78, 5) is 23.7. The maximum Gasteiger partial charge on any atom is 0.320 e. The van der Waals surface area contributed by atoms with Crippen molar-refractivity contribution in [1.29, 1.82) is 0 Å². The molecule has 2 heterocycles. The number of carbonyl (C=O) groups excluding carboxylic acids is 1. The Morgan fingerprint density at radius 3 is 2.83 bits per heavy atom. The molecule has 24 heavy (non-hydrogen) atoms. The number of anilines is 1. The number of ether oxygens (including phenoxy) is 1. The van der Waals surface area contributed by atoms with E-state index in [0.717, 1.165) is 5.75 Å². The van der Waals surface area contributed by atoms with Crippen molar-refractivity contribution in [3.8, 4) is 11.6 Å². The first-order valence-corrected chi connectivity index (χ1v) is 7.21. The van der Waals surface area contributed by atoms with Crippen molar-refractivity contribution < 1.29 is 9.53 Å². The molecule has 122 valence electrons. The van der Waals surface area contributed by atoms with Gasteiger partial charge in [-0.25, -0.2) is 24.4 Å². The smallest absolute Gasteiger partial charge is 0.320 e. The molecule has 0 unspecified atom stereocenters. The summed E-state index contributed by atoms with van der Waals surface area (Å²) in [5, 5.41) is 9.28. The summed E-state index contributed by atoms with van der Waals surface area (Å²) in [6.45, 7) is 0.729.